The largest absolute Gasteiger partial charge is 0.507 e. The third-order valence-corrected chi connectivity index (χ3v) is 4.71. The van der Waals surface area contributed by atoms with E-state index in [0.717, 1.165) is 24.8 Å². The molecule has 0 saturated carbocycles. The van der Waals surface area contributed by atoms with Crippen LogP contribution in [-0.4, -0.2) is 45.4 Å². The van der Waals surface area contributed by atoms with Gasteiger partial charge in [0.05, 0.1) is 7.11 Å². The van der Waals surface area contributed by atoms with Gasteiger partial charge in [0.1, 0.15) is 11.5 Å². The maximum Gasteiger partial charge on any atom is 0.308 e. The Labute approximate surface area is 206 Å². The number of fused-ring (bicyclic) bond motifs is 2. The summed E-state index contributed by atoms with van der Waals surface area (Å²) < 4.78 is 10.7. The van der Waals surface area contributed by atoms with E-state index in [4.69, 9.17) is 29.3 Å². The Morgan fingerprint density at radius 3 is 1.78 bits per heavy atom. The third-order valence-electron chi connectivity index (χ3n) is 4.71. The number of aliphatic carboxylic acids is 2. The summed E-state index contributed by atoms with van der Waals surface area (Å²) >= 11 is 0. The molecule has 36 heavy (non-hydrogen) atoms. The first-order valence-electron chi connectivity index (χ1n) is 10.6. The van der Waals surface area contributed by atoms with Crippen molar-refractivity contribution in [3.05, 3.63) is 60.7 Å². The number of rotatable bonds is 3. The highest BCUT2D eigenvalue weighted by Gasteiger charge is 2.20. The lowest BCUT2D eigenvalue weighted by Gasteiger charge is -2.17. The van der Waals surface area contributed by atoms with Gasteiger partial charge in [0.2, 0.25) is 0 Å². The quantitative estimate of drug-likeness (QED) is 0.171. The Balaban J connectivity index is 0.000000501. The summed E-state index contributed by atoms with van der Waals surface area (Å²) in [5.41, 5.74) is 1.48. The summed E-state index contributed by atoms with van der Waals surface area (Å²) in [4.78, 5) is 29.6. The van der Waals surface area contributed by atoms with Gasteiger partial charge < -0.3 is 29.9 Å². The maximum atomic E-state index is 11.6. The van der Waals surface area contributed by atoms with Crippen LogP contribution in [0.5, 0.6) is 23.0 Å². The highest BCUT2D eigenvalue weighted by Crippen LogP contribution is 2.47. The first-order chi connectivity index (χ1) is 17.0. The summed E-state index contributed by atoms with van der Waals surface area (Å²) in [6.45, 7) is 3.52. The predicted octanol–water partition coefficient (Wildman–Crippen LogP) is 5.19. The summed E-state index contributed by atoms with van der Waals surface area (Å²) in [5, 5.41) is 38.5. The van der Waals surface area contributed by atoms with E-state index in [1.807, 2.05) is 36.4 Å². The minimum Gasteiger partial charge on any atom is -0.507 e. The highest BCUT2D eigenvalue weighted by molar-refractivity contribution is 6.18. The lowest BCUT2D eigenvalue weighted by Crippen LogP contribution is -2.02. The molecule has 0 spiro atoms. The summed E-state index contributed by atoms with van der Waals surface area (Å²) in [6.07, 6.45) is 0. The molecule has 0 amide bonds. The van der Waals surface area contributed by atoms with E-state index < -0.39 is 17.9 Å². The Kier molecular flexibility index (Phi) is 9.21. The Bertz CT molecular complexity index is 1400. The van der Waals surface area contributed by atoms with E-state index in [1.54, 1.807) is 18.2 Å². The molecule has 0 unspecified atom stereocenters. The van der Waals surface area contributed by atoms with Gasteiger partial charge in [-0.3, -0.25) is 14.4 Å². The fraction of sp³-hybridized carbons (Fsp3) is 0.148. The number of aromatic hydroxyl groups is 2. The molecular weight excluding hydrogens is 468 g/mol. The van der Waals surface area contributed by atoms with Crippen molar-refractivity contribution in [1.29, 1.82) is 0 Å². The smallest absolute Gasteiger partial charge is 0.308 e. The molecular formula is C27H26O9. The summed E-state index contributed by atoms with van der Waals surface area (Å²) in [7, 11) is 1.47. The molecule has 9 nitrogen and oxygen atoms in total. The van der Waals surface area contributed by atoms with Gasteiger partial charge in [0.15, 0.2) is 11.5 Å². The van der Waals surface area contributed by atoms with Crippen LogP contribution >= 0.6 is 0 Å². The number of phenols is 2. The minimum atomic E-state index is -0.833. The maximum absolute atomic E-state index is 11.6. The number of para-hydroxylation sites is 1. The summed E-state index contributed by atoms with van der Waals surface area (Å²) in [6, 6.07) is 17.8. The number of benzene rings is 4. The van der Waals surface area contributed by atoms with Gasteiger partial charge in [0, 0.05) is 42.7 Å². The Hall–Kier alpha value is -4.79. The molecule has 9 heteroatoms. The average Bonchev–Trinajstić information content (AvgIpc) is 2.79. The second-order valence-corrected chi connectivity index (χ2v) is 7.47. The minimum absolute atomic E-state index is 0.0669. The van der Waals surface area contributed by atoms with Crippen molar-refractivity contribution in [3.63, 3.8) is 0 Å². The predicted molar refractivity (Wildman–Crippen MR) is 135 cm³/mol. The number of methoxy groups -OCH3 is 1. The van der Waals surface area contributed by atoms with Crippen LogP contribution in [0, 0.1) is 0 Å². The molecule has 0 aliphatic rings. The van der Waals surface area contributed by atoms with Crippen LogP contribution in [-0.2, 0) is 14.4 Å². The van der Waals surface area contributed by atoms with Gasteiger partial charge in [-0.25, -0.2) is 0 Å². The number of carboxylic acids is 2. The number of esters is 1. The van der Waals surface area contributed by atoms with E-state index in [2.05, 4.69) is 0 Å². The van der Waals surface area contributed by atoms with Crippen LogP contribution < -0.4 is 9.47 Å². The zero-order valence-corrected chi connectivity index (χ0v) is 20.1. The van der Waals surface area contributed by atoms with E-state index in [1.165, 1.54) is 20.1 Å². The normalized spacial score (nSPS) is 9.89. The van der Waals surface area contributed by atoms with Crippen molar-refractivity contribution < 1.29 is 44.3 Å². The number of carboxylic acid groups (broad SMARTS) is 2. The fourth-order valence-electron chi connectivity index (χ4n) is 3.54. The van der Waals surface area contributed by atoms with Crippen LogP contribution in [0.4, 0.5) is 0 Å². The first-order valence-corrected chi connectivity index (χ1v) is 10.6. The standard InChI is InChI=1S/C23H18O5.2C2H4O2/c1-13(24)28-20-10-6-5-9-16(20)22-14-7-3-4-8-15(14)23(26)18-11-19(25)21(27-2)12-17(18)22;2*1-2(3)4/h3-12,25-26H,1-2H3;2*1H3,(H,3,4). The lowest BCUT2D eigenvalue weighted by molar-refractivity contribution is -0.135. The molecule has 0 radical (unpaired) electrons. The average molecular weight is 494 g/mol. The number of hydrogen-bond acceptors (Lipinski definition) is 7. The molecule has 0 aliphatic carbocycles. The number of ether oxygens (including phenoxy) is 2. The number of carbonyl (C=O) groups excluding carboxylic acids is 1. The SMILES string of the molecule is CC(=O)O.CC(=O)O.COc1cc2c(-c3ccccc3OC(C)=O)c3ccccc3c(O)c2cc1O. The number of phenolic OH excluding ortho intramolecular Hbond substituents is 2. The summed E-state index contributed by atoms with van der Waals surface area (Å²) in [5.74, 6) is -1.39. The fourth-order valence-corrected chi connectivity index (χ4v) is 3.54. The van der Waals surface area contributed by atoms with Crippen LogP contribution in [0.15, 0.2) is 60.7 Å². The molecule has 0 aromatic heterocycles. The molecule has 4 aromatic rings. The molecule has 4 N–H and O–H groups in total. The van der Waals surface area contributed by atoms with E-state index in [-0.39, 0.29) is 17.2 Å². The van der Waals surface area contributed by atoms with Gasteiger partial charge in [-0.2, -0.15) is 0 Å². The monoisotopic (exact) mass is 494 g/mol. The van der Waals surface area contributed by atoms with E-state index >= 15 is 0 Å². The van der Waals surface area contributed by atoms with E-state index in [0.29, 0.717) is 27.5 Å². The topological polar surface area (TPSA) is 151 Å². The van der Waals surface area contributed by atoms with Crippen molar-refractivity contribution in [2.75, 3.05) is 7.11 Å². The molecule has 0 heterocycles. The van der Waals surface area contributed by atoms with Gasteiger partial charge in [0.25, 0.3) is 11.9 Å². The molecule has 0 aliphatic heterocycles. The molecule has 0 fully saturated rings. The third kappa shape index (κ3) is 6.63. The number of hydrogen-bond donors (Lipinski definition) is 4. The van der Waals surface area contributed by atoms with Crippen LogP contribution in [0.3, 0.4) is 0 Å². The van der Waals surface area contributed by atoms with Crippen LogP contribution in [0.1, 0.15) is 20.8 Å². The van der Waals surface area contributed by atoms with Gasteiger partial charge in [-0.15, -0.1) is 0 Å². The Morgan fingerprint density at radius 1 is 0.694 bits per heavy atom. The Morgan fingerprint density at radius 2 is 1.22 bits per heavy atom. The van der Waals surface area contributed by atoms with Crippen molar-refractivity contribution in [3.8, 4) is 34.1 Å². The molecule has 4 rings (SSSR count). The van der Waals surface area contributed by atoms with Crippen molar-refractivity contribution in [2.24, 2.45) is 0 Å². The molecule has 188 valence electrons. The van der Waals surface area contributed by atoms with Crippen LogP contribution in [0.2, 0.25) is 0 Å². The van der Waals surface area contributed by atoms with Gasteiger partial charge in [-0.05, 0) is 29.0 Å². The zero-order chi connectivity index (χ0) is 27.0. The van der Waals surface area contributed by atoms with Crippen molar-refractivity contribution >= 4 is 39.5 Å². The van der Waals surface area contributed by atoms with Crippen molar-refractivity contribution in [2.45, 2.75) is 20.8 Å². The first kappa shape index (κ1) is 27.5. The van der Waals surface area contributed by atoms with Crippen molar-refractivity contribution in [1.82, 2.24) is 0 Å². The van der Waals surface area contributed by atoms with Crippen LogP contribution in [0.25, 0.3) is 32.7 Å². The van der Waals surface area contributed by atoms with Gasteiger partial charge in [-0.1, -0.05) is 42.5 Å². The second kappa shape index (κ2) is 12.1. The molecule has 0 saturated heterocycles. The lowest BCUT2D eigenvalue weighted by atomic mass is 9.90. The molecule has 4 aromatic carbocycles. The zero-order valence-electron chi connectivity index (χ0n) is 20.1. The molecule has 0 bridgehead atoms. The number of carbonyl (C=O) groups is 3. The van der Waals surface area contributed by atoms with E-state index in [9.17, 15) is 15.0 Å². The molecule has 0 atom stereocenters. The highest BCUT2D eigenvalue weighted by atomic mass is 16.5. The van der Waals surface area contributed by atoms with Gasteiger partial charge >= 0.3 is 5.97 Å². The second-order valence-electron chi connectivity index (χ2n) is 7.47.